The molecule has 3 heterocycles. The van der Waals surface area contributed by atoms with Crippen LogP contribution in [0.2, 0.25) is 5.02 Å². The topological polar surface area (TPSA) is 19.4 Å². The number of para-hydroxylation sites is 1. The van der Waals surface area contributed by atoms with Crippen LogP contribution in [0.25, 0.3) is 10.9 Å². The van der Waals surface area contributed by atoms with Crippen molar-refractivity contribution in [2.75, 3.05) is 26.2 Å². The van der Waals surface area contributed by atoms with Crippen molar-refractivity contribution in [1.29, 1.82) is 0 Å². The van der Waals surface area contributed by atoms with E-state index in [9.17, 15) is 0 Å². The maximum absolute atomic E-state index is 6.31. The Balaban J connectivity index is 1.35. The molecule has 0 amide bonds. The van der Waals surface area contributed by atoms with Crippen molar-refractivity contribution in [2.24, 2.45) is 5.92 Å². The summed E-state index contributed by atoms with van der Waals surface area (Å²) in [6, 6.07) is 11.1. The molecule has 2 aliphatic rings. The van der Waals surface area contributed by atoms with E-state index in [1.807, 2.05) is 12.1 Å². The molecule has 0 radical (unpaired) electrons. The number of nitrogens with zero attached hydrogens (tertiary/aromatic N) is 3. The molecular formula is C21H28ClN3. The highest BCUT2D eigenvalue weighted by atomic mass is 35.5. The molecule has 2 aliphatic heterocycles. The molecule has 4 heteroatoms. The molecule has 2 saturated heterocycles. The minimum Gasteiger partial charge on any atom is -0.300 e. The number of aromatic nitrogens is 1. The Kier molecular flexibility index (Phi) is 5.25. The molecule has 3 nitrogen and oxygen atoms in total. The molecule has 1 aromatic carbocycles. The van der Waals surface area contributed by atoms with Gasteiger partial charge in [-0.15, -0.1) is 0 Å². The Morgan fingerprint density at radius 2 is 1.76 bits per heavy atom. The SMILES string of the molecule is CC1CCN(C2CCN(Cc3ccc4cccc(Cl)c4n3)CC2)CC1. The van der Waals surface area contributed by atoms with Crippen LogP contribution in [0.5, 0.6) is 0 Å². The average molecular weight is 358 g/mol. The van der Waals surface area contributed by atoms with Crippen molar-refractivity contribution in [3.63, 3.8) is 0 Å². The zero-order valence-corrected chi connectivity index (χ0v) is 15.9. The molecular weight excluding hydrogens is 330 g/mol. The lowest BCUT2D eigenvalue weighted by molar-refractivity contribution is 0.0775. The number of likely N-dealkylation sites (tertiary alicyclic amines) is 2. The zero-order chi connectivity index (χ0) is 17.2. The van der Waals surface area contributed by atoms with Crippen LogP contribution in [0, 0.1) is 5.92 Å². The summed E-state index contributed by atoms with van der Waals surface area (Å²) < 4.78 is 0. The van der Waals surface area contributed by atoms with Crippen molar-refractivity contribution >= 4 is 22.5 Å². The Hall–Kier alpha value is -1.16. The lowest BCUT2D eigenvalue weighted by Gasteiger charge is -2.41. The third kappa shape index (κ3) is 3.99. The van der Waals surface area contributed by atoms with E-state index < -0.39 is 0 Å². The first-order valence-electron chi connectivity index (χ1n) is 9.69. The quantitative estimate of drug-likeness (QED) is 0.801. The number of rotatable bonds is 3. The Bertz CT molecular complexity index is 716. The maximum atomic E-state index is 6.31. The van der Waals surface area contributed by atoms with Gasteiger partial charge in [0.15, 0.2) is 0 Å². The van der Waals surface area contributed by atoms with E-state index in [4.69, 9.17) is 16.6 Å². The fourth-order valence-corrected chi connectivity index (χ4v) is 4.53. The lowest BCUT2D eigenvalue weighted by atomic mass is 9.95. The van der Waals surface area contributed by atoms with Crippen molar-refractivity contribution in [2.45, 2.75) is 45.2 Å². The third-order valence-corrected chi connectivity index (χ3v) is 6.31. The highest BCUT2D eigenvalue weighted by Crippen LogP contribution is 2.25. The van der Waals surface area contributed by atoms with Crippen LogP contribution in [0.15, 0.2) is 30.3 Å². The van der Waals surface area contributed by atoms with Gasteiger partial charge in [0.2, 0.25) is 0 Å². The van der Waals surface area contributed by atoms with E-state index >= 15 is 0 Å². The van der Waals surface area contributed by atoms with Crippen LogP contribution in [-0.2, 0) is 6.54 Å². The minimum absolute atomic E-state index is 0.748. The van der Waals surface area contributed by atoms with Gasteiger partial charge in [0.1, 0.15) is 0 Å². The first-order valence-corrected chi connectivity index (χ1v) is 10.1. The highest BCUT2D eigenvalue weighted by molar-refractivity contribution is 6.35. The second kappa shape index (κ2) is 7.61. The van der Waals surface area contributed by atoms with Crippen LogP contribution in [-0.4, -0.2) is 47.0 Å². The maximum Gasteiger partial charge on any atom is 0.0891 e. The number of halogens is 1. The lowest BCUT2D eigenvalue weighted by Crippen LogP contribution is -2.47. The first-order chi connectivity index (χ1) is 12.2. The van der Waals surface area contributed by atoms with Gasteiger partial charge in [-0.3, -0.25) is 4.90 Å². The number of piperidine rings is 2. The summed E-state index contributed by atoms with van der Waals surface area (Å²) in [6.07, 6.45) is 5.34. The molecule has 0 unspecified atom stereocenters. The second-order valence-electron chi connectivity index (χ2n) is 7.84. The van der Waals surface area contributed by atoms with E-state index in [-0.39, 0.29) is 0 Å². The predicted octanol–water partition coefficient (Wildman–Crippen LogP) is 4.58. The van der Waals surface area contributed by atoms with Crippen molar-refractivity contribution in [3.8, 4) is 0 Å². The Morgan fingerprint density at radius 1 is 1.00 bits per heavy atom. The average Bonchev–Trinajstić information content (AvgIpc) is 2.64. The van der Waals surface area contributed by atoms with E-state index in [2.05, 4.69) is 34.9 Å². The summed E-state index contributed by atoms with van der Waals surface area (Å²) in [5, 5.41) is 1.87. The van der Waals surface area contributed by atoms with Gasteiger partial charge < -0.3 is 4.90 Å². The van der Waals surface area contributed by atoms with Crippen LogP contribution >= 0.6 is 11.6 Å². The Morgan fingerprint density at radius 3 is 2.52 bits per heavy atom. The number of fused-ring (bicyclic) bond motifs is 1. The number of pyridine rings is 1. The van der Waals surface area contributed by atoms with Gasteiger partial charge in [0.25, 0.3) is 0 Å². The predicted molar refractivity (Wildman–Crippen MR) is 105 cm³/mol. The smallest absolute Gasteiger partial charge is 0.0891 e. The summed E-state index contributed by atoms with van der Waals surface area (Å²) in [5.41, 5.74) is 2.06. The van der Waals surface area contributed by atoms with Gasteiger partial charge in [0, 0.05) is 31.1 Å². The zero-order valence-electron chi connectivity index (χ0n) is 15.1. The molecule has 2 aromatic rings. The molecule has 0 atom stereocenters. The van der Waals surface area contributed by atoms with Crippen LogP contribution in [0.1, 0.15) is 38.3 Å². The molecule has 0 bridgehead atoms. The minimum atomic E-state index is 0.748. The van der Waals surface area contributed by atoms with E-state index in [1.54, 1.807) is 0 Å². The van der Waals surface area contributed by atoms with Crippen molar-refractivity contribution in [3.05, 3.63) is 41.0 Å². The Labute approximate surface area is 156 Å². The van der Waals surface area contributed by atoms with E-state index in [1.165, 1.54) is 51.9 Å². The highest BCUT2D eigenvalue weighted by Gasteiger charge is 2.27. The molecule has 0 saturated carbocycles. The first kappa shape index (κ1) is 17.3. The largest absolute Gasteiger partial charge is 0.300 e. The molecule has 134 valence electrons. The van der Waals surface area contributed by atoms with Gasteiger partial charge in [-0.25, -0.2) is 4.98 Å². The summed E-state index contributed by atoms with van der Waals surface area (Å²) in [5.74, 6) is 0.919. The fraction of sp³-hybridized carbons (Fsp3) is 0.571. The fourth-order valence-electron chi connectivity index (χ4n) is 4.30. The van der Waals surface area contributed by atoms with Crippen LogP contribution in [0.4, 0.5) is 0 Å². The van der Waals surface area contributed by atoms with Gasteiger partial charge in [-0.05, 0) is 56.8 Å². The second-order valence-corrected chi connectivity index (χ2v) is 8.25. The van der Waals surface area contributed by atoms with Gasteiger partial charge >= 0.3 is 0 Å². The molecule has 1 aromatic heterocycles. The van der Waals surface area contributed by atoms with E-state index in [0.29, 0.717) is 0 Å². The number of hydrogen-bond donors (Lipinski definition) is 0. The van der Waals surface area contributed by atoms with Gasteiger partial charge in [-0.1, -0.05) is 36.7 Å². The summed E-state index contributed by atoms with van der Waals surface area (Å²) in [7, 11) is 0. The molecule has 2 fully saturated rings. The molecule has 25 heavy (non-hydrogen) atoms. The molecule has 0 N–H and O–H groups in total. The summed E-state index contributed by atoms with van der Waals surface area (Å²) >= 11 is 6.31. The summed E-state index contributed by atoms with van der Waals surface area (Å²) in [6.45, 7) is 8.29. The van der Waals surface area contributed by atoms with Gasteiger partial charge in [0.05, 0.1) is 16.2 Å². The van der Waals surface area contributed by atoms with Crippen LogP contribution in [0.3, 0.4) is 0 Å². The third-order valence-electron chi connectivity index (χ3n) is 6.01. The van der Waals surface area contributed by atoms with Gasteiger partial charge in [-0.2, -0.15) is 0 Å². The van der Waals surface area contributed by atoms with E-state index in [0.717, 1.165) is 40.1 Å². The molecule has 0 aliphatic carbocycles. The van der Waals surface area contributed by atoms with Crippen molar-refractivity contribution < 1.29 is 0 Å². The normalized spacial score (nSPS) is 21.8. The number of hydrogen-bond acceptors (Lipinski definition) is 3. The molecule has 4 rings (SSSR count). The monoisotopic (exact) mass is 357 g/mol. The number of benzene rings is 1. The van der Waals surface area contributed by atoms with Crippen molar-refractivity contribution in [1.82, 2.24) is 14.8 Å². The van der Waals surface area contributed by atoms with Crippen LogP contribution < -0.4 is 0 Å². The standard InChI is InChI=1S/C21H28ClN3/c1-16-7-13-25(14-8-16)19-9-11-24(12-10-19)15-18-6-5-17-3-2-4-20(22)21(17)23-18/h2-6,16,19H,7-15H2,1H3. The summed E-state index contributed by atoms with van der Waals surface area (Å²) in [4.78, 5) is 10.1. The molecule has 0 spiro atoms.